The Morgan fingerprint density at radius 1 is 1.38 bits per heavy atom. The molecule has 0 aromatic heterocycles. The van der Waals surface area contributed by atoms with Crippen molar-refractivity contribution in [3.05, 3.63) is 12.2 Å². The van der Waals surface area contributed by atoms with E-state index in [4.69, 9.17) is 4.74 Å². The molecule has 2 saturated carbocycles. The summed E-state index contributed by atoms with van der Waals surface area (Å²) in [5, 5.41) is 0. The van der Waals surface area contributed by atoms with E-state index in [9.17, 15) is 4.79 Å². The van der Waals surface area contributed by atoms with Gasteiger partial charge in [0.25, 0.3) is 0 Å². The first-order chi connectivity index (χ1) is 7.79. The first-order valence-electron chi connectivity index (χ1n) is 6.37. The van der Waals surface area contributed by atoms with Crippen LogP contribution < -0.4 is 0 Å². The van der Waals surface area contributed by atoms with E-state index in [0.29, 0.717) is 6.61 Å². The fourth-order valence-electron chi connectivity index (χ4n) is 1.92. The van der Waals surface area contributed by atoms with Gasteiger partial charge in [-0.25, -0.2) is 4.79 Å². The molecule has 0 aliphatic heterocycles. The van der Waals surface area contributed by atoms with Crippen molar-refractivity contribution in [1.29, 1.82) is 0 Å². The zero-order valence-electron chi connectivity index (χ0n) is 10.0. The highest BCUT2D eigenvalue weighted by atomic mass is 16.5. The molecule has 0 saturated heterocycles. The number of nitrogens with zero attached hydrogens (tertiary/aromatic N) is 1. The van der Waals surface area contributed by atoms with Crippen molar-refractivity contribution in [2.24, 2.45) is 5.92 Å². The molecule has 0 unspecified atom stereocenters. The Morgan fingerprint density at radius 2 is 2.12 bits per heavy atom. The summed E-state index contributed by atoms with van der Waals surface area (Å²) in [6, 6.07) is 0.785. The average Bonchev–Trinajstić information content (AvgIpc) is 3.11. The molecule has 2 rings (SSSR count). The zero-order chi connectivity index (χ0) is 11.4. The van der Waals surface area contributed by atoms with Crippen LogP contribution in [-0.4, -0.2) is 36.6 Å². The fraction of sp³-hybridized carbons (Fsp3) is 0.769. The van der Waals surface area contributed by atoms with Gasteiger partial charge in [0.1, 0.15) is 0 Å². The highest BCUT2D eigenvalue weighted by Crippen LogP contribution is 2.34. The molecular weight excluding hydrogens is 202 g/mol. The van der Waals surface area contributed by atoms with Crippen molar-refractivity contribution >= 4 is 5.97 Å². The first kappa shape index (κ1) is 11.6. The maximum absolute atomic E-state index is 11.1. The second-order valence-electron chi connectivity index (χ2n) is 4.78. The van der Waals surface area contributed by atoms with Gasteiger partial charge in [0.2, 0.25) is 0 Å². The summed E-state index contributed by atoms with van der Waals surface area (Å²) in [5.41, 5.74) is 0. The minimum Gasteiger partial charge on any atom is -0.463 e. The molecule has 2 fully saturated rings. The van der Waals surface area contributed by atoms with Gasteiger partial charge in [-0.1, -0.05) is 6.08 Å². The van der Waals surface area contributed by atoms with E-state index in [0.717, 1.165) is 18.5 Å². The molecule has 0 spiro atoms. The summed E-state index contributed by atoms with van der Waals surface area (Å²) in [6.45, 7) is 4.41. The van der Waals surface area contributed by atoms with E-state index >= 15 is 0 Å². The molecule has 2 aliphatic carbocycles. The van der Waals surface area contributed by atoms with Crippen molar-refractivity contribution in [3.8, 4) is 0 Å². The Bertz CT molecular complexity index is 267. The molecule has 0 aromatic carbocycles. The molecule has 2 aliphatic rings. The van der Waals surface area contributed by atoms with E-state index < -0.39 is 0 Å². The number of carbonyl (C=O) groups is 1. The smallest absolute Gasteiger partial charge is 0.330 e. The van der Waals surface area contributed by atoms with Gasteiger partial charge >= 0.3 is 5.97 Å². The predicted octanol–water partition coefficient (Wildman–Crippen LogP) is 1.98. The molecule has 3 nitrogen and oxygen atoms in total. The number of rotatable bonds is 7. The summed E-state index contributed by atoms with van der Waals surface area (Å²) in [4.78, 5) is 13.6. The van der Waals surface area contributed by atoms with E-state index in [-0.39, 0.29) is 5.97 Å². The van der Waals surface area contributed by atoms with Crippen LogP contribution in [0.2, 0.25) is 0 Å². The molecule has 3 heteroatoms. The molecule has 0 N–H and O–H groups in total. The van der Waals surface area contributed by atoms with Gasteiger partial charge in [0.15, 0.2) is 0 Å². The first-order valence-corrected chi connectivity index (χ1v) is 6.37. The number of hydrogen-bond acceptors (Lipinski definition) is 3. The van der Waals surface area contributed by atoms with E-state index in [2.05, 4.69) is 4.90 Å². The van der Waals surface area contributed by atoms with Crippen molar-refractivity contribution < 1.29 is 9.53 Å². The monoisotopic (exact) mass is 223 g/mol. The zero-order valence-corrected chi connectivity index (χ0v) is 10.0. The third-order valence-corrected chi connectivity index (χ3v) is 3.13. The Hall–Kier alpha value is -0.830. The molecule has 90 valence electrons. The lowest BCUT2D eigenvalue weighted by Gasteiger charge is -2.19. The van der Waals surface area contributed by atoms with Crippen molar-refractivity contribution in [2.45, 2.75) is 38.6 Å². The number of esters is 1. The molecular formula is C13H21NO2. The van der Waals surface area contributed by atoms with Gasteiger partial charge in [-0.15, -0.1) is 0 Å². The number of hydrogen-bond donors (Lipinski definition) is 0. The fourth-order valence-corrected chi connectivity index (χ4v) is 1.92. The second-order valence-corrected chi connectivity index (χ2v) is 4.78. The maximum atomic E-state index is 11.1. The van der Waals surface area contributed by atoms with Crippen LogP contribution in [-0.2, 0) is 9.53 Å². The molecule has 0 atom stereocenters. The summed E-state index contributed by atoms with van der Waals surface area (Å²) in [6.07, 6.45) is 8.96. The van der Waals surface area contributed by atoms with Crippen LogP contribution in [0.3, 0.4) is 0 Å². The minimum absolute atomic E-state index is 0.218. The maximum Gasteiger partial charge on any atom is 0.330 e. The Morgan fingerprint density at radius 3 is 2.69 bits per heavy atom. The lowest BCUT2D eigenvalue weighted by atomic mass is 10.3. The van der Waals surface area contributed by atoms with Crippen LogP contribution in [0.25, 0.3) is 0 Å². The van der Waals surface area contributed by atoms with Gasteiger partial charge in [0, 0.05) is 25.2 Å². The van der Waals surface area contributed by atoms with Crippen LogP contribution in [0.1, 0.15) is 32.6 Å². The summed E-state index contributed by atoms with van der Waals surface area (Å²) in [7, 11) is 0. The van der Waals surface area contributed by atoms with Crippen LogP contribution >= 0.6 is 0 Å². The van der Waals surface area contributed by atoms with Gasteiger partial charge in [-0.3, -0.25) is 4.90 Å². The minimum atomic E-state index is -0.218. The van der Waals surface area contributed by atoms with E-state index in [1.807, 2.05) is 13.0 Å². The third kappa shape index (κ3) is 3.97. The van der Waals surface area contributed by atoms with E-state index in [1.165, 1.54) is 32.2 Å². The molecule has 0 aromatic rings. The Balaban J connectivity index is 1.70. The predicted molar refractivity (Wildman–Crippen MR) is 63.1 cm³/mol. The number of ether oxygens (including phenoxy) is 1. The van der Waals surface area contributed by atoms with Gasteiger partial charge in [0.05, 0.1) is 6.61 Å². The van der Waals surface area contributed by atoms with Gasteiger partial charge in [-0.05, 0) is 38.5 Å². The number of carbonyl (C=O) groups excluding carboxylic acids is 1. The van der Waals surface area contributed by atoms with Crippen molar-refractivity contribution in [1.82, 2.24) is 4.90 Å². The highest BCUT2D eigenvalue weighted by Gasteiger charge is 2.32. The second kappa shape index (κ2) is 5.48. The van der Waals surface area contributed by atoms with E-state index in [1.54, 1.807) is 6.08 Å². The molecule has 16 heavy (non-hydrogen) atoms. The summed E-state index contributed by atoms with van der Waals surface area (Å²) >= 11 is 0. The molecule has 0 radical (unpaired) electrons. The van der Waals surface area contributed by atoms with Crippen molar-refractivity contribution in [3.63, 3.8) is 0 Å². The normalized spacial score (nSPS) is 20.6. The van der Waals surface area contributed by atoms with Gasteiger partial charge < -0.3 is 4.74 Å². The molecule has 0 amide bonds. The quantitative estimate of drug-likeness (QED) is 0.488. The average molecular weight is 223 g/mol. The lowest BCUT2D eigenvalue weighted by molar-refractivity contribution is -0.137. The van der Waals surface area contributed by atoms with Crippen LogP contribution in [0.5, 0.6) is 0 Å². The summed E-state index contributed by atoms with van der Waals surface area (Å²) in [5.74, 6) is 0.710. The summed E-state index contributed by atoms with van der Waals surface area (Å²) < 4.78 is 4.85. The topological polar surface area (TPSA) is 29.5 Å². The highest BCUT2D eigenvalue weighted by molar-refractivity contribution is 5.81. The molecule has 0 heterocycles. The standard InChI is InChI=1S/C13H21NO2/c1-2-16-13(15)4-3-9-14(12-7-8-12)10-11-5-6-11/h3-4,11-12H,2,5-10H2,1H3/b4-3+. The van der Waals surface area contributed by atoms with Crippen molar-refractivity contribution in [2.75, 3.05) is 19.7 Å². The van der Waals surface area contributed by atoms with Crippen LogP contribution in [0.15, 0.2) is 12.2 Å². The Labute approximate surface area is 97.5 Å². The molecule has 0 bridgehead atoms. The van der Waals surface area contributed by atoms with Crippen LogP contribution in [0, 0.1) is 5.92 Å². The lowest BCUT2D eigenvalue weighted by Crippen LogP contribution is -2.28. The van der Waals surface area contributed by atoms with Gasteiger partial charge in [-0.2, -0.15) is 0 Å². The largest absolute Gasteiger partial charge is 0.463 e. The SMILES string of the molecule is CCOC(=O)/C=C/CN(CC1CC1)C1CC1. The third-order valence-electron chi connectivity index (χ3n) is 3.13. The Kier molecular flexibility index (Phi) is 3.99. The van der Waals surface area contributed by atoms with Crippen LogP contribution in [0.4, 0.5) is 0 Å².